The van der Waals surface area contributed by atoms with Crippen LogP contribution < -0.4 is 5.32 Å². The number of nitrogens with zero attached hydrogens (tertiary/aromatic N) is 2. The highest BCUT2D eigenvalue weighted by Crippen LogP contribution is 2.36. The first-order valence-corrected chi connectivity index (χ1v) is 10.3. The smallest absolute Gasteiger partial charge is 0.257 e. The first kappa shape index (κ1) is 17.4. The number of aromatic nitrogens is 2. The summed E-state index contributed by atoms with van der Waals surface area (Å²) in [6.07, 6.45) is 0. The summed E-state index contributed by atoms with van der Waals surface area (Å²) >= 11 is 5.28. The Labute approximate surface area is 165 Å². The molecule has 1 aliphatic rings. The van der Waals surface area contributed by atoms with Crippen molar-refractivity contribution in [2.24, 2.45) is 0 Å². The third-order valence-corrected chi connectivity index (χ3v) is 6.30. The number of anilines is 1. The quantitative estimate of drug-likeness (QED) is 0.620. The lowest BCUT2D eigenvalue weighted by atomic mass is 10.1. The number of carbonyl (C=O) groups is 1. The molecule has 0 saturated carbocycles. The van der Waals surface area contributed by atoms with Crippen LogP contribution in [-0.2, 0) is 11.5 Å². The van der Waals surface area contributed by atoms with Crippen molar-refractivity contribution >= 4 is 39.4 Å². The van der Waals surface area contributed by atoms with E-state index in [0.717, 1.165) is 38.7 Å². The predicted octanol–water partition coefficient (Wildman–Crippen LogP) is 5.25. The molecule has 1 N–H and O–H groups in total. The molecule has 132 valence electrons. The standard InChI is InChI=1S/C20H18BrN3OS/c1-12-7-8-14(9-13(12)2)24-19(16-10-26-11-18(16)23-24)22-20(25)15-5-3-4-6-17(15)21/h3-9H,10-11H2,1-2H3,(H,22,25). The number of hydrogen-bond donors (Lipinski definition) is 1. The van der Waals surface area contributed by atoms with Gasteiger partial charge in [0, 0.05) is 21.5 Å². The predicted molar refractivity (Wildman–Crippen MR) is 110 cm³/mol. The lowest BCUT2D eigenvalue weighted by molar-refractivity contribution is 0.102. The van der Waals surface area contributed by atoms with E-state index in [9.17, 15) is 4.79 Å². The largest absolute Gasteiger partial charge is 0.306 e. The van der Waals surface area contributed by atoms with Crippen molar-refractivity contribution in [3.8, 4) is 5.69 Å². The van der Waals surface area contributed by atoms with Crippen molar-refractivity contribution < 1.29 is 4.79 Å². The van der Waals surface area contributed by atoms with E-state index in [4.69, 9.17) is 5.10 Å². The Morgan fingerprint density at radius 1 is 1.15 bits per heavy atom. The first-order valence-electron chi connectivity index (χ1n) is 8.36. The molecule has 4 rings (SSSR count). The van der Waals surface area contributed by atoms with Gasteiger partial charge in [0.25, 0.3) is 5.91 Å². The normalized spacial score (nSPS) is 12.9. The van der Waals surface area contributed by atoms with Gasteiger partial charge in [0.15, 0.2) is 0 Å². The molecule has 3 aromatic rings. The first-order chi connectivity index (χ1) is 12.5. The fourth-order valence-electron chi connectivity index (χ4n) is 3.01. The van der Waals surface area contributed by atoms with Crippen molar-refractivity contribution in [2.45, 2.75) is 25.4 Å². The van der Waals surface area contributed by atoms with E-state index in [0.29, 0.717) is 5.56 Å². The number of hydrogen-bond acceptors (Lipinski definition) is 3. The van der Waals surface area contributed by atoms with Gasteiger partial charge in [0.1, 0.15) is 5.82 Å². The van der Waals surface area contributed by atoms with E-state index in [2.05, 4.69) is 47.2 Å². The maximum absolute atomic E-state index is 12.8. The Morgan fingerprint density at radius 3 is 2.73 bits per heavy atom. The second kappa shape index (κ2) is 6.93. The van der Waals surface area contributed by atoms with Gasteiger partial charge < -0.3 is 5.32 Å². The Kier molecular flexibility index (Phi) is 4.63. The molecule has 26 heavy (non-hydrogen) atoms. The molecule has 2 heterocycles. The molecule has 0 aliphatic carbocycles. The van der Waals surface area contributed by atoms with Crippen LogP contribution in [0.3, 0.4) is 0 Å². The molecule has 4 nitrogen and oxygen atoms in total. The number of benzene rings is 2. The fourth-order valence-corrected chi connectivity index (χ4v) is 4.51. The van der Waals surface area contributed by atoms with Crippen molar-refractivity contribution in [3.05, 3.63) is 74.9 Å². The summed E-state index contributed by atoms with van der Waals surface area (Å²) in [6, 6.07) is 13.7. The molecular weight excluding hydrogens is 410 g/mol. The van der Waals surface area contributed by atoms with Gasteiger partial charge >= 0.3 is 0 Å². The highest BCUT2D eigenvalue weighted by Gasteiger charge is 2.25. The van der Waals surface area contributed by atoms with E-state index in [1.54, 1.807) is 0 Å². The minimum Gasteiger partial charge on any atom is -0.306 e. The maximum atomic E-state index is 12.8. The molecule has 0 spiro atoms. The van der Waals surface area contributed by atoms with Crippen LogP contribution >= 0.6 is 27.7 Å². The molecule has 1 amide bonds. The summed E-state index contributed by atoms with van der Waals surface area (Å²) in [7, 11) is 0. The summed E-state index contributed by atoms with van der Waals surface area (Å²) in [5, 5.41) is 7.87. The van der Waals surface area contributed by atoms with E-state index < -0.39 is 0 Å². The molecule has 0 fully saturated rings. The maximum Gasteiger partial charge on any atom is 0.257 e. The van der Waals surface area contributed by atoms with Crippen molar-refractivity contribution in [1.82, 2.24) is 9.78 Å². The minimum atomic E-state index is -0.137. The monoisotopic (exact) mass is 427 g/mol. The number of nitrogens with one attached hydrogen (secondary N) is 1. The van der Waals surface area contributed by atoms with Crippen LogP contribution in [0.5, 0.6) is 0 Å². The molecular formula is C20H18BrN3OS. The van der Waals surface area contributed by atoms with Crippen LogP contribution in [0.2, 0.25) is 0 Å². The topological polar surface area (TPSA) is 46.9 Å². The Morgan fingerprint density at radius 2 is 1.96 bits per heavy atom. The van der Waals surface area contributed by atoms with Crippen LogP contribution in [0.25, 0.3) is 5.69 Å². The summed E-state index contributed by atoms with van der Waals surface area (Å²) in [5.74, 6) is 2.38. The summed E-state index contributed by atoms with van der Waals surface area (Å²) in [6.45, 7) is 4.18. The summed E-state index contributed by atoms with van der Waals surface area (Å²) in [5.41, 5.74) is 6.19. The average molecular weight is 428 g/mol. The van der Waals surface area contributed by atoms with Crippen LogP contribution in [0.15, 0.2) is 46.9 Å². The van der Waals surface area contributed by atoms with Gasteiger partial charge in [-0.1, -0.05) is 18.2 Å². The third kappa shape index (κ3) is 3.08. The number of rotatable bonds is 3. The van der Waals surface area contributed by atoms with Crippen LogP contribution in [-0.4, -0.2) is 15.7 Å². The zero-order valence-corrected chi connectivity index (χ0v) is 16.9. The molecule has 0 saturated heterocycles. The number of thioether (sulfide) groups is 1. The zero-order chi connectivity index (χ0) is 18.3. The zero-order valence-electron chi connectivity index (χ0n) is 14.5. The molecule has 2 aromatic carbocycles. The second-order valence-corrected chi connectivity index (χ2v) is 8.22. The molecule has 1 aromatic heterocycles. The Hall–Kier alpha value is -2.05. The van der Waals surface area contributed by atoms with Gasteiger partial charge in [-0.3, -0.25) is 4.79 Å². The summed E-state index contributed by atoms with van der Waals surface area (Å²) < 4.78 is 2.65. The van der Waals surface area contributed by atoms with Crippen LogP contribution in [0.1, 0.15) is 32.7 Å². The van der Waals surface area contributed by atoms with Gasteiger partial charge in [0.2, 0.25) is 0 Å². The molecule has 0 bridgehead atoms. The van der Waals surface area contributed by atoms with Crippen LogP contribution in [0.4, 0.5) is 5.82 Å². The molecule has 1 aliphatic heterocycles. The van der Waals surface area contributed by atoms with E-state index in [1.807, 2.05) is 46.8 Å². The van der Waals surface area contributed by atoms with Crippen molar-refractivity contribution in [2.75, 3.05) is 5.32 Å². The highest BCUT2D eigenvalue weighted by molar-refractivity contribution is 9.10. The minimum absolute atomic E-state index is 0.137. The lowest BCUT2D eigenvalue weighted by Gasteiger charge is -2.13. The van der Waals surface area contributed by atoms with E-state index in [-0.39, 0.29) is 5.91 Å². The third-order valence-electron chi connectivity index (χ3n) is 4.64. The Bertz CT molecular complexity index is 1010. The second-order valence-electron chi connectivity index (χ2n) is 6.38. The van der Waals surface area contributed by atoms with Crippen molar-refractivity contribution in [3.63, 3.8) is 0 Å². The highest BCUT2D eigenvalue weighted by atomic mass is 79.9. The van der Waals surface area contributed by atoms with Gasteiger partial charge in [-0.05, 0) is 65.2 Å². The molecule has 0 radical (unpaired) electrons. The van der Waals surface area contributed by atoms with Gasteiger partial charge in [-0.2, -0.15) is 16.9 Å². The van der Waals surface area contributed by atoms with Crippen molar-refractivity contribution in [1.29, 1.82) is 0 Å². The van der Waals surface area contributed by atoms with E-state index >= 15 is 0 Å². The Balaban J connectivity index is 1.77. The van der Waals surface area contributed by atoms with Gasteiger partial charge in [-0.25, -0.2) is 4.68 Å². The molecule has 6 heteroatoms. The SMILES string of the molecule is Cc1ccc(-n2nc3c(c2NC(=O)c2ccccc2Br)CSC3)cc1C. The average Bonchev–Trinajstić information content (AvgIpc) is 3.20. The molecule has 0 unspecified atom stereocenters. The number of halogens is 1. The number of fused-ring (bicyclic) bond motifs is 1. The van der Waals surface area contributed by atoms with Crippen LogP contribution in [0, 0.1) is 13.8 Å². The van der Waals surface area contributed by atoms with E-state index in [1.165, 1.54) is 11.1 Å². The number of aryl methyl sites for hydroxylation is 2. The fraction of sp³-hybridized carbons (Fsp3) is 0.200. The lowest BCUT2D eigenvalue weighted by Crippen LogP contribution is -2.16. The van der Waals surface area contributed by atoms with Gasteiger partial charge in [-0.15, -0.1) is 0 Å². The van der Waals surface area contributed by atoms with Gasteiger partial charge in [0.05, 0.1) is 16.9 Å². The summed E-state index contributed by atoms with van der Waals surface area (Å²) in [4.78, 5) is 12.8. The number of carbonyl (C=O) groups excluding carboxylic acids is 1. The molecule has 0 atom stereocenters. The number of amides is 1.